The van der Waals surface area contributed by atoms with Gasteiger partial charge >= 0.3 is 0 Å². The summed E-state index contributed by atoms with van der Waals surface area (Å²) < 4.78 is 2.18. The fourth-order valence-corrected chi connectivity index (χ4v) is 1.86. The monoisotopic (exact) mass is 279 g/mol. The molecule has 0 saturated carbocycles. The van der Waals surface area contributed by atoms with Crippen molar-refractivity contribution < 1.29 is 0 Å². The van der Waals surface area contributed by atoms with Crippen molar-refractivity contribution in [2.75, 3.05) is 6.54 Å². The van der Waals surface area contributed by atoms with Crippen LogP contribution in [-0.2, 0) is 13.1 Å². The number of imidazole rings is 1. The highest BCUT2D eigenvalue weighted by atomic mass is 15.2. The Labute approximate surface area is 122 Å². The van der Waals surface area contributed by atoms with Crippen LogP contribution in [-0.4, -0.2) is 28.1 Å². The third kappa shape index (κ3) is 5.63. The Morgan fingerprint density at radius 1 is 1.35 bits per heavy atom. The molecule has 20 heavy (non-hydrogen) atoms. The molecular weight excluding hydrogens is 250 g/mol. The predicted octanol–water partition coefficient (Wildman–Crippen LogP) is 2.39. The first-order valence-corrected chi connectivity index (χ1v) is 7.61. The molecule has 0 aromatic carbocycles. The summed E-state index contributed by atoms with van der Waals surface area (Å²) in [6.07, 6.45) is 4.95. The van der Waals surface area contributed by atoms with E-state index >= 15 is 0 Å². The van der Waals surface area contributed by atoms with Crippen LogP contribution in [0.3, 0.4) is 0 Å². The van der Waals surface area contributed by atoms with E-state index in [4.69, 9.17) is 0 Å². The Hall–Kier alpha value is -1.52. The lowest BCUT2D eigenvalue weighted by atomic mass is 10.2. The molecule has 0 bridgehead atoms. The van der Waals surface area contributed by atoms with Crippen molar-refractivity contribution in [1.29, 1.82) is 0 Å². The zero-order valence-electron chi connectivity index (χ0n) is 13.5. The second kappa shape index (κ2) is 8.61. The average Bonchev–Trinajstić information content (AvgIpc) is 2.82. The number of hydrogen-bond donors (Lipinski definition) is 2. The third-order valence-corrected chi connectivity index (χ3v) is 3.08. The van der Waals surface area contributed by atoms with Gasteiger partial charge in [0.1, 0.15) is 12.4 Å². The Balaban J connectivity index is 2.68. The molecule has 0 radical (unpaired) electrons. The first-order chi connectivity index (χ1) is 9.56. The first-order valence-electron chi connectivity index (χ1n) is 7.61. The van der Waals surface area contributed by atoms with E-state index < -0.39 is 0 Å². The normalized spacial score (nSPS) is 13.6. The number of aromatic nitrogens is 2. The van der Waals surface area contributed by atoms with Crippen molar-refractivity contribution in [3.05, 3.63) is 18.2 Å². The van der Waals surface area contributed by atoms with Gasteiger partial charge in [0.2, 0.25) is 0 Å². The van der Waals surface area contributed by atoms with E-state index in [1.165, 1.54) is 0 Å². The Bertz CT molecular complexity index is 408. The van der Waals surface area contributed by atoms with E-state index in [-0.39, 0.29) is 0 Å². The molecule has 2 N–H and O–H groups in total. The van der Waals surface area contributed by atoms with Gasteiger partial charge in [-0.05, 0) is 26.2 Å². The molecule has 0 spiro atoms. The molecule has 1 atom stereocenters. The molecule has 0 aliphatic heterocycles. The van der Waals surface area contributed by atoms with Crippen molar-refractivity contribution in [2.24, 2.45) is 10.9 Å². The molecule has 1 unspecified atom stereocenters. The number of hydrogen-bond acceptors (Lipinski definition) is 2. The van der Waals surface area contributed by atoms with E-state index in [1.807, 2.05) is 12.4 Å². The smallest absolute Gasteiger partial charge is 0.191 e. The van der Waals surface area contributed by atoms with Crippen LogP contribution in [0.15, 0.2) is 17.4 Å². The topological polar surface area (TPSA) is 54.2 Å². The van der Waals surface area contributed by atoms with Crippen molar-refractivity contribution >= 4 is 5.96 Å². The lowest BCUT2D eigenvalue weighted by Gasteiger charge is -2.16. The largest absolute Gasteiger partial charge is 0.357 e. The highest BCUT2D eigenvalue weighted by Crippen LogP contribution is 2.04. The van der Waals surface area contributed by atoms with E-state index in [2.05, 4.69) is 59.8 Å². The van der Waals surface area contributed by atoms with Crippen LogP contribution >= 0.6 is 0 Å². The molecule has 0 aliphatic carbocycles. The van der Waals surface area contributed by atoms with Crippen molar-refractivity contribution in [3.63, 3.8) is 0 Å². The maximum Gasteiger partial charge on any atom is 0.191 e. The molecule has 1 rings (SSSR count). The minimum atomic E-state index is 0.420. The van der Waals surface area contributed by atoms with Crippen LogP contribution in [0.4, 0.5) is 0 Å². The molecule has 114 valence electrons. The van der Waals surface area contributed by atoms with E-state index in [0.29, 0.717) is 18.5 Å². The number of nitrogens with zero attached hydrogens (tertiary/aromatic N) is 3. The molecular formula is C15H29N5. The third-order valence-electron chi connectivity index (χ3n) is 3.08. The second-order valence-corrected chi connectivity index (χ2v) is 5.54. The van der Waals surface area contributed by atoms with Gasteiger partial charge in [0.25, 0.3) is 0 Å². The summed E-state index contributed by atoms with van der Waals surface area (Å²) in [5.74, 6) is 2.49. The summed E-state index contributed by atoms with van der Waals surface area (Å²) in [5, 5.41) is 6.66. The summed E-state index contributed by atoms with van der Waals surface area (Å²) in [6.45, 7) is 13.3. The van der Waals surface area contributed by atoms with Gasteiger partial charge in [-0.1, -0.05) is 20.8 Å². The van der Waals surface area contributed by atoms with Gasteiger partial charge in [-0.2, -0.15) is 0 Å². The number of aliphatic imine (C=N–C) groups is 1. The quantitative estimate of drug-likeness (QED) is 0.595. The molecule has 5 nitrogen and oxygen atoms in total. The molecule has 1 aromatic heterocycles. The molecule has 0 fully saturated rings. The van der Waals surface area contributed by atoms with E-state index in [1.54, 1.807) is 0 Å². The average molecular weight is 279 g/mol. The number of rotatable bonds is 7. The Morgan fingerprint density at radius 2 is 2.10 bits per heavy atom. The van der Waals surface area contributed by atoms with Crippen LogP contribution in [0.25, 0.3) is 0 Å². The Kier molecular flexibility index (Phi) is 7.12. The lowest BCUT2D eigenvalue weighted by molar-refractivity contribution is 0.507. The number of nitrogens with one attached hydrogen (secondary N) is 2. The first kappa shape index (κ1) is 16.5. The maximum absolute atomic E-state index is 4.62. The molecule has 0 aliphatic rings. The Morgan fingerprint density at radius 3 is 2.70 bits per heavy atom. The summed E-state index contributed by atoms with van der Waals surface area (Å²) in [4.78, 5) is 9.02. The summed E-state index contributed by atoms with van der Waals surface area (Å²) in [7, 11) is 0. The van der Waals surface area contributed by atoms with Crippen LogP contribution in [0.1, 0.15) is 46.9 Å². The number of guanidine groups is 1. The van der Waals surface area contributed by atoms with E-state index in [9.17, 15) is 0 Å². The predicted molar refractivity (Wildman–Crippen MR) is 84.8 cm³/mol. The zero-order chi connectivity index (χ0) is 15.0. The highest BCUT2D eigenvalue weighted by Gasteiger charge is 2.06. The summed E-state index contributed by atoms with van der Waals surface area (Å²) in [6, 6.07) is 0.420. The second-order valence-electron chi connectivity index (χ2n) is 5.54. The lowest BCUT2D eigenvalue weighted by Crippen LogP contribution is -2.42. The van der Waals surface area contributed by atoms with Crippen molar-refractivity contribution in [1.82, 2.24) is 20.2 Å². The minimum absolute atomic E-state index is 0.420. The maximum atomic E-state index is 4.62. The van der Waals surface area contributed by atoms with Crippen molar-refractivity contribution in [3.8, 4) is 0 Å². The highest BCUT2D eigenvalue weighted by molar-refractivity contribution is 5.79. The van der Waals surface area contributed by atoms with Crippen LogP contribution in [0, 0.1) is 5.92 Å². The van der Waals surface area contributed by atoms with Crippen LogP contribution in [0.5, 0.6) is 0 Å². The van der Waals surface area contributed by atoms with Gasteiger partial charge in [0, 0.05) is 31.5 Å². The fourth-order valence-electron chi connectivity index (χ4n) is 1.86. The molecule has 1 heterocycles. The fraction of sp³-hybridized carbons (Fsp3) is 0.733. The molecule has 1 aromatic rings. The van der Waals surface area contributed by atoms with Gasteiger partial charge in [-0.3, -0.25) is 0 Å². The minimum Gasteiger partial charge on any atom is -0.357 e. The van der Waals surface area contributed by atoms with Gasteiger partial charge in [-0.15, -0.1) is 0 Å². The summed E-state index contributed by atoms with van der Waals surface area (Å²) in [5.41, 5.74) is 0. The zero-order valence-corrected chi connectivity index (χ0v) is 13.5. The molecule has 0 saturated heterocycles. The molecule has 0 amide bonds. The van der Waals surface area contributed by atoms with Crippen molar-refractivity contribution in [2.45, 2.75) is 60.2 Å². The van der Waals surface area contributed by atoms with Gasteiger partial charge in [0.05, 0.1) is 0 Å². The van der Waals surface area contributed by atoms with Gasteiger partial charge < -0.3 is 15.2 Å². The van der Waals surface area contributed by atoms with Crippen LogP contribution < -0.4 is 10.6 Å². The summed E-state index contributed by atoms with van der Waals surface area (Å²) >= 11 is 0. The SMILES string of the molecule is CCNC(=NCc1nccn1CC(C)C)NC(C)CC. The van der Waals surface area contributed by atoms with Gasteiger partial charge in [-0.25, -0.2) is 9.98 Å². The molecule has 5 heteroatoms. The van der Waals surface area contributed by atoms with Crippen LogP contribution in [0.2, 0.25) is 0 Å². The standard InChI is InChI=1S/C15H29N5/c1-6-13(5)19-15(16-7-2)18-10-14-17-8-9-20(14)11-12(3)4/h8-9,12-13H,6-7,10-11H2,1-5H3,(H2,16,18,19). The van der Waals surface area contributed by atoms with E-state index in [0.717, 1.165) is 31.3 Å². The van der Waals surface area contributed by atoms with Gasteiger partial charge in [0.15, 0.2) is 5.96 Å².